The molecule has 4 saturated carbocycles. The summed E-state index contributed by atoms with van der Waals surface area (Å²) in [7, 11) is 0. The first-order chi connectivity index (χ1) is 15.0. The molecule has 1 aromatic heterocycles. The Morgan fingerprint density at radius 3 is 2.75 bits per heavy atom. The fourth-order valence-corrected chi connectivity index (χ4v) is 7.45. The monoisotopic (exact) mass is 456 g/mol. The first-order valence-electron chi connectivity index (χ1n) is 11.9. The third kappa shape index (κ3) is 3.83. The first-order valence-corrected chi connectivity index (χ1v) is 11.9. The number of carbonyl (C=O) groups is 1. The summed E-state index contributed by atoms with van der Waals surface area (Å²) in [4.78, 5) is 15.3. The minimum absolute atomic E-state index is 0. The zero-order chi connectivity index (χ0) is 21.1. The van der Waals surface area contributed by atoms with Gasteiger partial charge in [0.2, 0.25) is 0 Å². The summed E-state index contributed by atoms with van der Waals surface area (Å²) in [6.45, 7) is 4.09. The average Bonchev–Trinajstić information content (AvgIpc) is 3.39. The van der Waals surface area contributed by atoms with E-state index in [4.69, 9.17) is 0 Å². The van der Waals surface area contributed by atoms with Gasteiger partial charge < -0.3 is 10.6 Å². The van der Waals surface area contributed by atoms with Crippen LogP contribution in [0.3, 0.4) is 0 Å². The summed E-state index contributed by atoms with van der Waals surface area (Å²) < 4.78 is 0. The second-order valence-corrected chi connectivity index (χ2v) is 10.8. The first kappa shape index (κ1) is 21.8. The van der Waals surface area contributed by atoms with Gasteiger partial charge in [-0.2, -0.15) is 4.80 Å². The molecule has 1 aromatic carbocycles. The lowest BCUT2D eigenvalue weighted by Gasteiger charge is -2.61. The molecule has 32 heavy (non-hydrogen) atoms. The highest BCUT2D eigenvalue weighted by atomic mass is 35.5. The molecular formula is C24H33ClN6O. The van der Waals surface area contributed by atoms with Gasteiger partial charge in [-0.15, -0.1) is 22.6 Å². The van der Waals surface area contributed by atoms with E-state index in [-0.39, 0.29) is 29.4 Å². The molecule has 0 radical (unpaired) electrons. The number of hydrogen-bond acceptors (Lipinski definition) is 5. The van der Waals surface area contributed by atoms with Crippen LogP contribution in [0.5, 0.6) is 0 Å². The normalized spacial score (nSPS) is 35.0. The molecule has 5 aliphatic rings. The van der Waals surface area contributed by atoms with Gasteiger partial charge in [-0.3, -0.25) is 4.79 Å². The van der Waals surface area contributed by atoms with Crippen LogP contribution in [0.15, 0.2) is 24.3 Å². The molecule has 8 heteroatoms. The molecule has 2 heterocycles. The zero-order valence-electron chi connectivity index (χ0n) is 18.7. The van der Waals surface area contributed by atoms with Crippen LogP contribution in [0, 0.1) is 24.7 Å². The van der Waals surface area contributed by atoms with Crippen molar-refractivity contribution < 1.29 is 4.79 Å². The van der Waals surface area contributed by atoms with Crippen molar-refractivity contribution in [1.29, 1.82) is 0 Å². The van der Waals surface area contributed by atoms with E-state index in [0.717, 1.165) is 63.0 Å². The maximum absolute atomic E-state index is 13.4. The third-order valence-electron chi connectivity index (χ3n) is 8.22. The van der Waals surface area contributed by atoms with Crippen molar-refractivity contribution in [2.75, 3.05) is 13.1 Å². The fourth-order valence-electron chi connectivity index (χ4n) is 7.45. The molecule has 3 atom stereocenters. The van der Waals surface area contributed by atoms with Crippen molar-refractivity contribution in [3.05, 3.63) is 41.2 Å². The summed E-state index contributed by atoms with van der Waals surface area (Å²) in [6, 6.07) is 8.26. The van der Waals surface area contributed by atoms with Gasteiger partial charge in [0.1, 0.15) is 0 Å². The van der Waals surface area contributed by atoms with Gasteiger partial charge in [0.25, 0.3) is 5.91 Å². The number of nitrogens with one attached hydrogen (secondary N) is 2. The van der Waals surface area contributed by atoms with Crippen LogP contribution in [0.1, 0.15) is 66.7 Å². The predicted molar refractivity (Wildman–Crippen MR) is 124 cm³/mol. The Balaban J connectivity index is 0.00000216. The second-order valence-electron chi connectivity index (χ2n) is 10.8. The van der Waals surface area contributed by atoms with E-state index < -0.39 is 0 Å². The lowest BCUT2D eigenvalue weighted by molar-refractivity contribution is -0.0811. The van der Waals surface area contributed by atoms with E-state index in [1.54, 1.807) is 0 Å². The SMILES string of the molecule is Cc1nnn(C23CC4CC(CC(NC(=O)c5cccc(CC6CCNC6)c5)(C4)C2)C3)n1.Cl. The summed E-state index contributed by atoms with van der Waals surface area (Å²) in [5.74, 6) is 2.75. The van der Waals surface area contributed by atoms with E-state index in [1.807, 2.05) is 23.9 Å². The highest BCUT2D eigenvalue weighted by molar-refractivity contribution is 5.95. The number of halogens is 1. The molecule has 1 saturated heterocycles. The molecule has 4 aliphatic carbocycles. The van der Waals surface area contributed by atoms with Gasteiger partial charge >= 0.3 is 0 Å². The molecule has 7 nitrogen and oxygen atoms in total. The largest absolute Gasteiger partial charge is 0.346 e. The van der Waals surface area contributed by atoms with E-state index in [1.165, 1.54) is 18.4 Å². The minimum Gasteiger partial charge on any atom is -0.346 e. The van der Waals surface area contributed by atoms with Crippen LogP contribution < -0.4 is 10.6 Å². The zero-order valence-corrected chi connectivity index (χ0v) is 19.5. The molecule has 2 N–H and O–H groups in total. The second kappa shape index (κ2) is 8.10. The minimum atomic E-state index is -0.145. The molecule has 7 rings (SSSR count). The van der Waals surface area contributed by atoms with Crippen molar-refractivity contribution in [3.8, 4) is 0 Å². The molecule has 5 fully saturated rings. The molecular weight excluding hydrogens is 424 g/mol. The Morgan fingerprint density at radius 1 is 1.25 bits per heavy atom. The van der Waals surface area contributed by atoms with Crippen LogP contribution in [-0.4, -0.2) is 44.7 Å². The van der Waals surface area contributed by atoms with E-state index >= 15 is 0 Å². The van der Waals surface area contributed by atoms with Crippen molar-refractivity contribution >= 4 is 18.3 Å². The molecule has 1 amide bonds. The van der Waals surface area contributed by atoms with Crippen molar-refractivity contribution in [1.82, 2.24) is 30.8 Å². The number of amides is 1. The summed E-state index contributed by atoms with van der Waals surface area (Å²) >= 11 is 0. The summed E-state index contributed by atoms with van der Waals surface area (Å²) in [6.07, 6.45) is 8.85. The number of aryl methyl sites for hydroxylation is 1. The van der Waals surface area contributed by atoms with Crippen LogP contribution in [0.2, 0.25) is 0 Å². The van der Waals surface area contributed by atoms with E-state index in [9.17, 15) is 4.79 Å². The fraction of sp³-hybridized carbons (Fsp3) is 0.667. The Hall–Kier alpha value is -1.99. The van der Waals surface area contributed by atoms with Gasteiger partial charge in [0.15, 0.2) is 5.82 Å². The quantitative estimate of drug-likeness (QED) is 0.722. The summed E-state index contributed by atoms with van der Waals surface area (Å²) in [5.41, 5.74) is 1.83. The van der Waals surface area contributed by atoms with Crippen LogP contribution >= 0.6 is 12.4 Å². The topological polar surface area (TPSA) is 84.7 Å². The molecule has 0 spiro atoms. The number of aromatic nitrogens is 4. The van der Waals surface area contributed by atoms with Crippen molar-refractivity contribution in [3.63, 3.8) is 0 Å². The molecule has 4 bridgehead atoms. The third-order valence-corrected chi connectivity index (χ3v) is 8.22. The molecule has 172 valence electrons. The number of tetrazole rings is 1. The van der Waals surface area contributed by atoms with Crippen LogP contribution in [-0.2, 0) is 12.0 Å². The van der Waals surface area contributed by atoms with Gasteiger partial charge in [-0.1, -0.05) is 12.1 Å². The van der Waals surface area contributed by atoms with Crippen LogP contribution in [0.25, 0.3) is 0 Å². The predicted octanol–water partition coefficient (Wildman–Crippen LogP) is 3.03. The smallest absolute Gasteiger partial charge is 0.251 e. The van der Waals surface area contributed by atoms with Gasteiger partial charge in [0, 0.05) is 11.1 Å². The highest BCUT2D eigenvalue weighted by Crippen LogP contribution is 2.60. The van der Waals surface area contributed by atoms with Crippen LogP contribution in [0.4, 0.5) is 0 Å². The molecule has 3 unspecified atom stereocenters. The molecule has 1 aliphatic heterocycles. The number of hydrogen-bond donors (Lipinski definition) is 2. The Kier molecular flexibility index (Phi) is 5.53. The Labute approximate surface area is 195 Å². The van der Waals surface area contributed by atoms with Crippen molar-refractivity contribution in [2.45, 2.75) is 69.4 Å². The maximum Gasteiger partial charge on any atom is 0.251 e. The highest BCUT2D eigenvalue weighted by Gasteiger charge is 2.60. The maximum atomic E-state index is 13.4. The number of benzene rings is 1. The number of nitrogens with zero attached hydrogens (tertiary/aromatic N) is 4. The van der Waals surface area contributed by atoms with Gasteiger partial charge in [-0.25, -0.2) is 0 Å². The number of carbonyl (C=O) groups excluding carboxylic acids is 1. The van der Waals surface area contributed by atoms with Gasteiger partial charge in [-0.05, 0) is 112 Å². The van der Waals surface area contributed by atoms with E-state index in [0.29, 0.717) is 17.8 Å². The summed E-state index contributed by atoms with van der Waals surface area (Å²) in [5, 5.41) is 20.1. The standard InChI is InChI=1S/C24H32N6O.ClH/c1-16-27-29-30(28-16)24-12-19-8-20(13-24)11-23(10-19,15-24)26-22(31)21-4-2-3-17(9-21)7-18-5-6-25-14-18;/h2-4,9,18-20,25H,5-8,10-15H2,1H3,(H,26,31);1H. The Morgan fingerprint density at radius 2 is 2.06 bits per heavy atom. The number of rotatable bonds is 5. The van der Waals surface area contributed by atoms with E-state index in [2.05, 4.69) is 38.2 Å². The Bertz CT molecular complexity index is 986. The average molecular weight is 457 g/mol. The molecule has 2 aromatic rings. The van der Waals surface area contributed by atoms with Crippen molar-refractivity contribution in [2.24, 2.45) is 17.8 Å². The van der Waals surface area contributed by atoms with Gasteiger partial charge in [0.05, 0.1) is 5.54 Å². The lowest BCUT2D eigenvalue weighted by Crippen LogP contribution is -2.66. The lowest BCUT2D eigenvalue weighted by atomic mass is 9.50.